The van der Waals surface area contributed by atoms with Gasteiger partial charge < -0.3 is 19.8 Å². The second-order valence-electron chi connectivity index (χ2n) is 6.66. The van der Waals surface area contributed by atoms with Crippen LogP contribution < -0.4 is 0 Å². The van der Waals surface area contributed by atoms with Crippen LogP contribution in [0.3, 0.4) is 0 Å². The van der Waals surface area contributed by atoms with Crippen molar-refractivity contribution in [1.82, 2.24) is 14.7 Å². The highest BCUT2D eigenvalue weighted by atomic mass is 16.5. The van der Waals surface area contributed by atoms with Crippen LogP contribution in [0, 0.1) is 0 Å². The minimum Gasteiger partial charge on any atom is -0.390 e. The van der Waals surface area contributed by atoms with Crippen LogP contribution >= 0.6 is 0 Å². The average molecular weight is 323 g/mol. The van der Waals surface area contributed by atoms with Gasteiger partial charge in [-0.25, -0.2) is 0 Å². The van der Waals surface area contributed by atoms with Crippen LogP contribution in [-0.2, 0) is 23.0 Å². The molecule has 0 bridgehead atoms. The fourth-order valence-corrected chi connectivity index (χ4v) is 3.50. The molecule has 128 valence electrons. The maximum Gasteiger partial charge on any atom is 0.222 e. The Morgan fingerprint density at radius 1 is 1.39 bits per heavy atom. The summed E-state index contributed by atoms with van der Waals surface area (Å²) in [5.74, 6) is 0.150. The smallest absolute Gasteiger partial charge is 0.222 e. The van der Waals surface area contributed by atoms with Gasteiger partial charge in [0, 0.05) is 44.9 Å². The molecule has 0 radical (unpaired) electrons. The Kier molecular flexibility index (Phi) is 4.70. The van der Waals surface area contributed by atoms with Crippen LogP contribution in [0.4, 0.5) is 0 Å². The van der Waals surface area contributed by atoms with Gasteiger partial charge in [0.1, 0.15) is 6.10 Å². The molecule has 2 aliphatic rings. The van der Waals surface area contributed by atoms with Crippen molar-refractivity contribution in [3.05, 3.63) is 18.0 Å². The summed E-state index contributed by atoms with van der Waals surface area (Å²) < 4.78 is 7.58. The summed E-state index contributed by atoms with van der Waals surface area (Å²) in [5.41, 5.74) is 0.678. The molecule has 1 aromatic heterocycles. The fourth-order valence-electron chi connectivity index (χ4n) is 3.50. The van der Waals surface area contributed by atoms with Crippen molar-refractivity contribution in [2.75, 3.05) is 19.7 Å². The maximum absolute atomic E-state index is 12.4. The largest absolute Gasteiger partial charge is 0.390 e. The fraction of sp³-hybridized carbons (Fsp3) is 0.750. The molecule has 0 aromatic carbocycles. The summed E-state index contributed by atoms with van der Waals surface area (Å²) in [6.07, 6.45) is 3.28. The molecule has 2 saturated heterocycles. The third kappa shape index (κ3) is 3.57. The Hall–Kier alpha value is -1.44. The van der Waals surface area contributed by atoms with Gasteiger partial charge in [-0.3, -0.25) is 9.48 Å². The molecule has 0 unspecified atom stereocenters. The number of aryl methyl sites for hydroxylation is 2. The van der Waals surface area contributed by atoms with Gasteiger partial charge in [-0.05, 0) is 25.3 Å². The van der Waals surface area contributed by atoms with E-state index in [0.29, 0.717) is 45.2 Å². The first-order valence-corrected chi connectivity index (χ1v) is 8.24. The van der Waals surface area contributed by atoms with Crippen molar-refractivity contribution in [3.63, 3.8) is 0 Å². The van der Waals surface area contributed by atoms with E-state index in [1.54, 1.807) is 10.9 Å². The zero-order valence-corrected chi connectivity index (χ0v) is 13.5. The zero-order chi connectivity index (χ0) is 16.4. The number of amides is 1. The van der Waals surface area contributed by atoms with Crippen LogP contribution in [0.15, 0.2) is 12.3 Å². The number of hydrogen-bond acceptors (Lipinski definition) is 5. The number of carbonyl (C=O) groups excluding carboxylic acids is 1. The molecule has 7 nitrogen and oxygen atoms in total. The number of aromatic nitrogens is 2. The first kappa shape index (κ1) is 16.4. The van der Waals surface area contributed by atoms with Gasteiger partial charge in [0.15, 0.2) is 0 Å². The third-order valence-corrected chi connectivity index (χ3v) is 5.13. The predicted octanol–water partition coefficient (Wildman–Crippen LogP) is -0.144. The number of likely N-dealkylation sites (tertiary alicyclic amines) is 1. The van der Waals surface area contributed by atoms with E-state index in [1.165, 1.54) is 0 Å². The zero-order valence-electron chi connectivity index (χ0n) is 13.5. The Morgan fingerprint density at radius 2 is 2.13 bits per heavy atom. The van der Waals surface area contributed by atoms with Gasteiger partial charge >= 0.3 is 0 Å². The number of aliphatic hydroxyl groups is 2. The normalized spacial score (nSPS) is 27.3. The second kappa shape index (κ2) is 6.59. The van der Waals surface area contributed by atoms with Gasteiger partial charge in [-0.1, -0.05) is 0 Å². The molecule has 2 N–H and O–H groups in total. The van der Waals surface area contributed by atoms with Crippen LogP contribution in [-0.4, -0.2) is 68.3 Å². The summed E-state index contributed by atoms with van der Waals surface area (Å²) in [7, 11) is 1.88. The van der Waals surface area contributed by atoms with Gasteiger partial charge in [0.25, 0.3) is 0 Å². The van der Waals surface area contributed by atoms with Crippen molar-refractivity contribution in [3.8, 4) is 0 Å². The molecule has 23 heavy (non-hydrogen) atoms. The lowest BCUT2D eigenvalue weighted by Crippen LogP contribution is -2.55. The standard InChI is InChI=1S/C16H25N3O4/c1-18-12(4-7-17-18)2-3-15(22)19-8-5-16(6-9-19)10-13(20)14(21)11-23-16/h4,7,13-14,20-21H,2-3,5-6,8-11H2,1H3/t13-,14+/m1/s1. The van der Waals surface area contributed by atoms with Crippen molar-refractivity contribution >= 4 is 5.91 Å². The summed E-state index contributed by atoms with van der Waals surface area (Å²) >= 11 is 0. The van der Waals surface area contributed by atoms with Crippen molar-refractivity contribution in [1.29, 1.82) is 0 Å². The summed E-state index contributed by atoms with van der Waals surface area (Å²) in [5, 5.41) is 23.5. The van der Waals surface area contributed by atoms with E-state index < -0.39 is 12.2 Å². The second-order valence-corrected chi connectivity index (χ2v) is 6.66. The minimum atomic E-state index is -0.792. The molecule has 1 spiro atoms. The Bertz CT molecular complexity index is 551. The highest BCUT2D eigenvalue weighted by Gasteiger charge is 2.43. The number of hydrogen-bond donors (Lipinski definition) is 2. The quantitative estimate of drug-likeness (QED) is 0.808. The predicted molar refractivity (Wildman–Crippen MR) is 82.7 cm³/mol. The SMILES string of the molecule is Cn1nccc1CCC(=O)N1CCC2(CC1)C[C@@H](O)[C@@H](O)CO2. The lowest BCUT2D eigenvalue weighted by Gasteiger charge is -2.46. The topological polar surface area (TPSA) is 87.8 Å². The molecule has 7 heteroatoms. The van der Waals surface area contributed by atoms with Gasteiger partial charge in [-0.2, -0.15) is 5.10 Å². The van der Waals surface area contributed by atoms with E-state index in [2.05, 4.69) is 5.10 Å². The first-order valence-electron chi connectivity index (χ1n) is 8.24. The molecule has 1 amide bonds. The molecule has 1 aromatic rings. The van der Waals surface area contributed by atoms with Crippen LogP contribution in [0.2, 0.25) is 0 Å². The Morgan fingerprint density at radius 3 is 2.74 bits per heavy atom. The van der Waals surface area contributed by atoms with Crippen LogP contribution in [0.1, 0.15) is 31.4 Å². The van der Waals surface area contributed by atoms with Gasteiger partial charge in [0.2, 0.25) is 5.91 Å². The average Bonchev–Trinajstić information content (AvgIpc) is 2.95. The summed E-state index contributed by atoms with van der Waals surface area (Å²) in [6.45, 7) is 1.47. The summed E-state index contributed by atoms with van der Waals surface area (Å²) in [6, 6.07) is 1.93. The lowest BCUT2D eigenvalue weighted by molar-refractivity contribution is -0.188. The number of rotatable bonds is 3. The third-order valence-electron chi connectivity index (χ3n) is 5.13. The van der Waals surface area contributed by atoms with E-state index in [9.17, 15) is 15.0 Å². The first-order chi connectivity index (χ1) is 11.0. The molecular weight excluding hydrogens is 298 g/mol. The van der Waals surface area contributed by atoms with Crippen molar-refractivity contribution < 1.29 is 19.7 Å². The Labute approximate surface area is 135 Å². The molecule has 0 saturated carbocycles. The van der Waals surface area contributed by atoms with E-state index in [1.807, 2.05) is 18.0 Å². The van der Waals surface area contributed by atoms with Gasteiger partial charge in [0.05, 0.1) is 18.3 Å². The molecular formula is C16H25N3O4. The highest BCUT2D eigenvalue weighted by molar-refractivity contribution is 5.76. The lowest BCUT2D eigenvalue weighted by atomic mass is 9.82. The molecule has 3 heterocycles. The van der Waals surface area contributed by atoms with E-state index in [-0.39, 0.29) is 18.1 Å². The minimum absolute atomic E-state index is 0.150. The molecule has 0 aliphatic carbocycles. The van der Waals surface area contributed by atoms with E-state index >= 15 is 0 Å². The van der Waals surface area contributed by atoms with Crippen LogP contribution in [0.5, 0.6) is 0 Å². The molecule has 2 atom stereocenters. The molecule has 2 fully saturated rings. The van der Waals surface area contributed by atoms with Crippen LogP contribution in [0.25, 0.3) is 0 Å². The van der Waals surface area contributed by atoms with Crippen molar-refractivity contribution in [2.45, 2.75) is 49.9 Å². The van der Waals surface area contributed by atoms with E-state index in [0.717, 1.165) is 5.69 Å². The number of carbonyl (C=O) groups is 1. The number of nitrogens with zero attached hydrogens (tertiary/aromatic N) is 3. The van der Waals surface area contributed by atoms with Crippen molar-refractivity contribution in [2.24, 2.45) is 7.05 Å². The number of aliphatic hydroxyl groups excluding tert-OH is 2. The molecule has 2 aliphatic heterocycles. The Balaban J connectivity index is 1.49. The monoisotopic (exact) mass is 323 g/mol. The number of piperidine rings is 1. The molecule has 3 rings (SSSR count). The highest BCUT2D eigenvalue weighted by Crippen LogP contribution is 2.35. The maximum atomic E-state index is 12.4. The van der Waals surface area contributed by atoms with E-state index in [4.69, 9.17) is 4.74 Å². The number of ether oxygens (including phenoxy) is 1. The summed E-state index contributed by atoms with van der Waals surface area (Å²) in [4.78, 5) is 14.2. The van der Waals surface area contributed by atoms with Gasteiger partial charge in [-0.15, -0.1) is 0 Å².